The molecular weight excluding hydrogens is 360 g/mol. The minimum absolute atomic E-state index is 0.328. The first kappa shape index (κ1) is 19.5. The zero-order chi connectivity index (χ0) is 19.6. The van der Waals surface area contributed by atoms with E-state index in [0.29, 0.717) is 17.2 Å². The highest BCUT2D eigenvalue weighted by Crippen LogP contribution is 2.26. The molecule has 4 nitrogen and oxygen atoms in total. The molecule has 2 aromatic carbocycles. The molecule has 0 saturated heterocycles. The van der Waals surface area contributed by atoms with E-state index in [1.54, 1.807) is 6.07 Å². The van der Waals surface area contributed by atoms with Crippen molar-refractivity contribution in [2.24, 2.45) is 0 Å². The van der Waals surface area contributed by atoms with E-state index in [0.717, 1.165) is 29.6 Å². The van der Waals surface area contributed by atoms with Gasteiger partial charge < -0.3 is 9.32 Å². The molecule has 0 spiro atoms. The van der Waals surface area contributed by atoms with Gasteiger partial charge in [-0.2, -0.15) is 0 Å². The number of benzene rings is 2. The van der Waals surface area contributed by atoms with E-state index < -0.39 is 0 Å². The van der Waals surface area contributed by atoms with Crippen molar-refractivity contribution in [1.29, 1.82) is 0 Å². The molecule has 0 aliphatic carbocycles. The van der Waals surface area contributed by atoms with Crippen LogP contribution in [0, 0.1) is 6.92 Å². The lowest BCUT2D eigenvalue weighted by Crippen LogP contribution is -2.23. The van der Waals surface area contributed by atoms with Crippen LogP contribution in [0.3, 0.4) is 0 Å². The van der Waals surface area contributed by atoms with E-state index in [1.165, 1.54) is 11.3 Å². The van der Waals surface area contributed by atoms with Crippen LogP contribution in [0.25, 0.3) is 11.0 Å². The van der Waals surface area contributed by atoms with Gasteiger partial charge in [-0.05, 0) is 54.4 Å². The molecule has 142 valence electrons. The molecule has 0 fully saturated rings. The van der Waals surface area contributed by atoms with Crippen LogP contribution in [-0.2, 0) is 13.1 Å². The molecular formula is C22H25ClN2O2. The Labute approximate surface area is 165 Å². The maximum absolute atomic E-state index is 12.0. The third kappa shape index (κ3) is 4.52. The Morgan fingerprint density at radius 2 is 1.74 bits per heavy atom. The van der Waals surface area contributed by atoms with Crippen LogP contribution in [0.2, 0.25) is 5.02 Å². The van der Waals surface area contributed by atoms with Crippen molar-refractivity contribution in [1.82, 2.24) is 4.90 Å². The SMILES string of the molecule is CCN(Cc1ccc(N(C)C)cc1)Cc1cc(=O)oc2cc(C)c(Cl)cc12. The van der Waals surface area contributed by atoms with Crippen molar-refractivity contribution < 1.29 is 4.42 Å². The summed E-state index contributed by atoms with van der Waals surface area (Å²) >= 11 is 6.30. The maximum Gasteiger partial charge on any atom is 0.336 e. The Morgan fingerprint density at radius 3 is 2.37 bits per heavy atom. The number of hydrogen-bond donors (Lipinski definition) is 0. The van der Waals surface area contributed by atoms with Gasteiger partial charge in [-0.15, -0.1) is 0 Å². The monoisotopic (exact) mass is 384 g/mol. The van der Waals surface area contributed by atoms with Gasteiger partial charge in [0.05, 0.1) is 0 Å². The highest BCUT2D eigenvalue weighted by molar-refractivity contribution is 6.32. The first-order valence-corrected chi connectivity index (χ1v) is 9.46. The third-order valence-electron chi connectivity index (χ3n) is 4.81. The van der Waals surface area contributed by atoms with Crippen molar-refractivity contribution in [3.05, 3.63) is 74.6 Å². The van der Waals surface area contributed by atoms with Gasteiger partial charge >= 0.3 is 5.63 Å². The molecule has 0 aliphatic rings. The first-order valence-electron chi connectivity index (χ1n) is 9.09. The van der Waals surface area contributed by atoms with Crippen LogP contribution in [-0.4, -0.2) is 25.5 Å². The smallest absolute Gasteiger partial charge is 0.336 e. The summed E-state index contributed by atoms with van der Waals surface area (Å²) in [7, 11) is 4.07. The third-order valence-corrected chi connectivity index (χ3v) is 5.22. The number of hydrogen-bond acceptors (Lipinski definition) is 4. The van der Waals surface area contributed by atoms with E-state index in [2.05, 4.69) is 41.0 Å². The summed E-state index contributed by atoms with van der Waals surface area (Å²) in [5.74, 6) is 0. The van der Waals surface area contributed by atoms with Gasteiger partial charge in [-0.25, -0.2) is 4.79 Å². The summed E-state index contributed by atoms with van der Waals surface area (Å²) < 4.78 is 5.37. The van der Waals surface area contributed by atoms with Crippen LogP contribution in [0.1, 0.15) is 23.6 Å². The molecule has 27 heavy (non-hydrogen) atoms. The van der Waals surface area contributed by atoms with E-state index in [1.807, 2.05) is 33.2 Å². The Kier molecular flexibility index (Phi) is 5.88. The molecule has 3 aromatic rings. The Bertz CT molecular complexity index is 994. The molecule has 0 saturated carbocycles. The molecule has 0 unspecified atom stereocenters. The standard InChI is InChI=1S/C22H25ClN2O2/c1-5-25(13-16-6-8-18(9-7-16)24(3)4)14-17-11-22(26)27-21-10-15(2)20(23)12-19(17)21/h6-12H,5,13-14H2,1-4H3. The second-order valence-electron chi connectivity index (χ2n) is 7.05. The number of rotatable bonds is 6. The average Bonchev–Trinajstić information content (AvgIpc) is 2.63. The van der Waals surface area contributed by atoms with Gasteiger partial charge in [0.25, 0.3) is 0 Å². The molecule has 1 aromatic heterocycles. The van der Waals surface area contributed by atoms with Crippen LogP contribution in [0.15, 0.2) is 51.7 Å². The van der Waals surface area contributed by atoms with Gasteiger partial charge in [0.15, 0.2) is 0 Å². The second-order valence-corrected chi connectivity index (χ2v) is 7.46. The van der Waals surface area contributed by atoms with Crippen molar-refractivity contribution in [2.45, 2.75) is 26.9 Å². The second kappa shape index (κ2) is 8.15. The van der Waals surface area contributed by atoms with Crippen LogP contribution in [0.4, 0.5) is 5.69 Å². The van der Waals surface area contributed by atoms with Crippen LogP contribution in [0.5, 0.6) is 0 Å². The number of fused-ring (bicyclic) bond motifs is 1. The van der Waals surface area contributed by atoms with E-state index in [9.17, 15) is 4.79 Å². The highest BCUT2D eigenvalue weighted by Gasteiger charge is 2.12. The summed E-state index contributed by atoms with van der Waals surface area (Å²) in [6.07, 6.45) is 0. The van der Waals surface area contributed by atoms with Gasteiger partial charge in [0.1, 0.15) is 5.58 Å². The lowest BCUT2D eigenvalue weighted by molar-refractivity contribution is 0.272. The Hall–Kier alpha value is -2.30. The Morgan fingerprint density at radius 1 is 1.04 bits per heavy atom. The van der Waals surface area contributed by atoms with Crippen molar-refractivity contribution in [3.63, 3.8) is 0 Å². The molecule has 0 aliphatic heterocycles. The number of aryl methyl sites for hydroxylation is 1. The molecule has 0 amide bonds. The molecule has 1 heterocycles. The van der Waals surface area contributed by atoms with Crippen LogP contribution >= 0.6 is 11.6 Å². The zero-order valence-electron chi connectivity index (χ0n) is 16.3. The normalized spacial score (nSPS) is 11.3. The topological polar surface area (TPSA) is 36.7 Å². The van der Waals surface area contributed by atoms with Crippen molar-refractivity contribution >= 4 is 28.3 Å². The van der Waals surface area contributed by atoms with Gasteiger partial charge in [-0.1, -0.05) is 30.7 Å². The number of nitrogens with zero attached hydrogens (tertiary/aromatic N) is 2. The van der Waals surface area contributed by atoms with Crippen molar-refractivity contribution in [3.8, 4) is 0 Å². The molecule has 5 heteroatoms. The maximum atomic E-state index is 12.0. The Balaban J connectivity index is 1.88. The lowest BCUT2D eigenvalue weighted by atomic mass is 10.1. The van der Waals surface area contributed by atoms with E-state index in [4.69, 9.17) is 16.0 Å². The fourth-order valence-corrected chi connectivity index (χ4v) is 3.32. The molecule has 0 atom stereocenters. The van der Waals surface area contributed by atoms with Crippen LogP contribution < -0.4 is 10.5 Å². The van der Waals surface area contributed by atoms with Gasteiger partial charge in [0.2, 0.25) is 0 Å². The minimum Gasteiger partial charge on any atom is -0.423 e. The van der Waals surface area contributed by atoms with Gasteiger partial charge in [0, 0.05) is 49.3 Å². The van der Waals surface area contributed by atoms with E-state index in [-0.39, 0.29) is 5.63 Å². The molecule has 0 N–H and O–H groups in total. The summed E-state index contributed by atoms with van der Waals surface area (Å²) in [4.78, 5) is 16.4. The molecule has 3 rings (SSSR count). The van der Waals surface area contributed by atoms with Gasteiger partial charge in [-0.3, -0.25) is 4.90 Å². The quantitative estimate of drug-likeness (QED) is 0.569. The zero-order valence-corrected chi connectivity index (χ0v) is 17.0. The van der Waals surface area contributed by atoms with E-state index >= 15 is 0 Å². The lowest BCUT2D eigenvalue weighted by Gasteiger charge is -2.22. The summed E-state index contributed by atoms with van der Waals surface area (Å²) in [5, 5.41) is 1.58. The predicted octanol–water partition coefficient (Wildman–Crippen LogP) is 4.84. The average molecular weight is 385 g/mol. The first-order chi connectivity index (χ1) is 12.9. The number of halogens is 1. The fourth-order valence-electron chi connectivity index (χ4n) is 3.16. The summed E-state index contributed by atoms with van der Waals surface area (Å²) in [6.45, 7) is 6.37. The molecule has 0 bridgehead atoms. The summed E-state index contributed by atoms with van der Waals surface area (Å²) in [6, 6.07) is 13.8. The summed E-state index contributed by atoms with van der Waals surface area (Å²) in [5.41, 5.74) is 4.52. The molecule has 0 radical (unpaired) electrons. The largest absolute Gasteiger partial charge is 0.423 e. The van der Waals surface area contributed by atoms with Crippen molar-refractivity contribution in [2.75, 3.05) is 25.5 Å². The highest BCUT2D eigenvalue weighted by atomic mass is 35.5. The minimum atomic E-state index is -0.328. The predicted molar refractivity (Wildman–Crippen MR) is 113 cm³/mol. The number of anilines is 1. The fraction of sp³-hybridized carbons (Fsp3) is 0.318.